The van der Waals surface area contributed by atoms with Gasteiger partial charge in [0.25, 0.3) is 5.91 Å². The second kappa shape index (κ2) is 8.28. The number of anilines is 1. The summed E-state index contributed by atoms with van der Waals surface area (Å²) in [6.45, 7) is 6.38. The number of hydrogen-bond acceptors (Lipinski definition) is 4. The fourth-order valence-electron chi connectivity index (χ4n) is 3.38. The van der Waals surface area contributed by atoms with Crippen molar-refractivity contribution in [3.05, 3.63) is 89.5 Å². The van der Waals surface area contributed by atoms with Crippen molar-refractivity contribution in [2.45, 2.75) is 26.2 Å². The Morgan fingerprint density at radius 2 is 1.70 bits per heavy atom. The van der Waals surface area contributed by atoms with Gasteiger partial charge in [-0.3, -0.25) is 10.1 Å². The maximum atomic E-state index is 12.3. The van der Waals surface area contributed by atoms with Gasteiger partial charge in [-0.25, -0.2) is 4.98 Å². The third kappa shape index (κ3) is 4.36. The fourth-order valence-corrected chi connectivity index (χ4v) is 4.36. The number of rotatable bonds is 6. The van der Waals surface area contributed by atoms with Crippen LogP contribution in [0.4, 0.5) is 5.13 Å². The molecular formula is C25H24N2O2S. The first-order chi connectivity index (χ1) is 14.4. The first-order valence-corrected chi connectivity index (χ1v) is 10.7. The number of nitrogens with zero attached hydrogens (tertiary/aromatic N) is 1. The minimum Gasteiger partial charge on any atom is -0.484 e. The second-order valence-corrected chi connectivity index (χ2v) is 8.87. The Morgan fingerprint density at radius 1 is 1.00 bits per heavy atom. The molecule has 152 valence electrons. The summed E-state index contributed by atoms with van der Waals surface area (Å²) in [5.74, 6) is 0.442. The maximum absolute atomic E-state index is 12.3. The van der Waals surface area contributed by atoms with Crippen LogP contribution in [0.1, 0.15) is 30.5 Å². The number of aromatic nitrogens is 1. The van der Waals surface area contributed by atoms with E-state index in [2.05, 4.69) is 66.6 Å². The van der Waals surface area contributed by atoms with Gasteiger partial charge < -0.3 is 4.74 Å². The lowest BCUT2D eigenvalue weighted by Gasteiger charge is -2.26. The molecule has 4 aromatic rings. The summed E-state index contributed by atoms with van der Waals surface area (Å²) in [6.07, 6.45) is 0. The minimum absolute atomic E-state index is 0.0591. The van der Waals surface area contributed by atoms with Crippen molar-refractivity contribution in [3.8, 4) is 5.75 Å². The van der Waals surface area contributed by atoms with Gasteiger partial charge >= 0.3 is 0 Å². The van der Waals surface area contributed by atoms with Crippen LogP contribution in [0.3, 0.4) is 0 Å². The van der Waals surface area contributed by atoms with Gasteiger partial charge in [-0.15, -0.1) is 0 Å². The van der Waals surface area contributed by atoms with Crippen molar-refractivity contribution in [2.75, 3.05) is 11.9 Å². The summed E-state index contributed by atoms with van der Waals surface area (Å²) in [5.41, 5.74) is 4.39. The third-order valence-electron chi connectivity index (χ3n) is 5.23. The molecule has 0 unspecified atom stereocenters. The van der Waals surface area contributed by atoms with Gasteiger partial charge in [-0.2, -0.15) is 0 Å². The Bertz CT molecular complexity index is 1160. The number of carbonyl (C=O) groups excluding carboxylic acids is 1. The highest BCUT2D eigenvalue weighted by Crippen LogP contribution is 2.32. The van der Waals surface area contributed by atoms with Crippen LogP contribution in [0.5, 0.6) is 5.75 Å². The lowest BCUT2D eigenvalue weighted by Crippen LogP contribution is -2.20. The molecular weight excluding hydrogens is 392 g/mol. The van der Waals surface area contributed by atoms with Gasteiger partial charge in [-0.1, -0.05) is 73.7 Å². The molecule has 4 rings (SSSR count). The van der Waals surface area contributed by atoms with Gasteiger partial charge in [0, 0.05) is 5.41 Å². The average Bonchev–Trinajstić information content (AvgIpc) is 3.14. The number of thiazole rings is 1. The molecule has 0 aliphatic rings. The molecule has 1 heterocycles. The van der Waals surface area contributed by atoms with Crippen LogP contribution in [-0.4, -0.2) is 17.5 Å². The van der Waals surface area contributed by atoms with Crippen molar-refractivity contribution < 1.29 is 9.53 Å². The standard InChI is InChI=1S/C25H24N2O2S/c1-17-9-14-21-22(15-17)30-24(26-21)27-23(28)16-29-20-12-10-19(11-13-20)25(2,3)18-7-5-4-6-8-18/h4-15H,16H2,1-3H3,(H,26,27,28). The molecule has 0 spiro atoms. The van der Waals surface area contributed by atoms with E-state index in [0.717, 1.165) is 10.2 Å². The van der Waals surface area contributed by atoms with Crippen LogP contribution in [0.25, 0.3) is 10.2 Å². The van der Waals surface area contributed by atoms with Crippen molar-refractivity contribution in [1.29, 1.82) is 0 Å². The van der Waals surface area contributed by atoms with Crippen LogP contribution in [-0.2, 0) is 10.2 Å². The van der Waals surface area contributed by atoms with Crippen molar-refractivity contribution >= 4 is 32.6 Å². The summed E-state index contributed by atoms with van der Waals surface area (Å²) < 4.78 is 6.73. The van der Waals surface area contributed by atoms with Gasteiger partial charge in [-0.05, 0) is 47.9 Å². The van der Waals surface area contributed by atoms with Crippen molar-refractivity contribution in [2.24, 2.45) is 0 Å². The first kappa shape index (κ1) is 20.1. The van der Waals surface area contributed by atoms with Gasteiger partial charge in [0.05, 0.1) is 10.2 Å². The van der Waals surface area contributed by atoms with E-state index in [4.69, 9.17) is 4.74 Å². The third-order valence-corrected chi connectivity index (χ3v) is 6.17. The fraction of sp³-hybridized carbons (Fsp3) is 0.200. The zero-order valence-corrected chi connectivity index (χ0v) is 18.1. The molecule has 4 nitrogen and oxygen atoms in total. The number of carbonyl (C=O) groups is 1. The van der Waals surface area contributed by atoms with Gasteiger partial charge in [0.2, 0.25) is 0 Å². The normalized spacial score (nSPS) is 11.4. The number of aryl methyl sites for hydroxylation is 1. The summed E-state index contributed by atoms with van der Waals surface area (Å²) >= 11 is 1.47. The topological polar surface area (TPSA) is 51.2 Å². The smallest absolute Gasteiger partial charge is 0.264 e. The van der Waals surface area contributed by atoms with Crippen LogP contribution in [0.2, 0.25) is 0 Å². The molecule has 3 aromatic carbocycles. The molecule has 1 N–H and O–H groups in total. The number of nitrogens with one attached hydrogen (secondary N) is 1. The van der Waals surface area contributed by atoms with E-state index in [-0.39, 0.29) is 17.9 Å². The molecule has 0 bridgehead atoms. The molecule has 0 aliphatic heterocycles. The van der Waals surface area contributed by atoms with E-state index in [1.54, 1.807) is 0 Å². The van der Waals surface area contributed by atoms with Crippen LogP contribution in [0.15, 0.2) is 72.8 Å². The maximum Gasteiger partial charge on any atom is 0.264 e. The molecule has 1 amide bonds. The van der Waals surface area contributed by atoms with Crippen LogP contribution in [0, 0.1) is 6.92 Å². The number of fused-ring (bicyclic) bond motifs is 1. The van der Waals surface area contributed by atoms with E-state index in [0.29, 0.717) is 10.9 Å². The number of hydrogen-bond donors (Lipinski definition) is 1. The lowest BCUT2D eigenvalue weighted by molar-refractivity contribution is -0.118. The van der Waals surface area contributed by atoms with E-state index in [1.807, 2.05) is 37.3 Å². The molecule has 0 radical (unpaired) electrons. The Labute approximate surface area is 180 Å². The zero-order chi connectivity index (χ0) is 21.1. The summed E-state index contributed by atoms with van der Waals surface area (Å²) in [6, 6.07) is 24.4. The number of benzene rings is 3. The molecule has 0 aliphatic carbocycles. The molecule has 1 aromatic heterocycles. The second-order valence-electron chi connectivity index (χ2n) is 7.84. The SMILES string of the molecule is Cc1ccc2nc(NC(=O)COc3ccc(C(C)(C)c4ccccc4)cc3)sc2c1. The number of amides is 1. The highest BCUT2D eigenvalue weighted by atomic mass is 32.1. The molecule has 0 atom stereocenters. The largest absolute Gasteiger partial charge is 0.484 e. The molecule has 0 fully saturated rings. The van der Waals surface area contributed by atoms with E-state index >= 15 is 0 Å². The summed E-state index contributed by atoms with van der Waals surface area (Å²) in [5, 5.41) is 3.41. The molecule has 0 saturated heterocycles. The molecule has 30 heavy (non-hydrogen) atoms. The summed E-state index contributed by atoms with van der Waals surface area (Å²) in [4.78, 5) is 16.7. The first-order valence-electron chi connectivity index (χ1n) is 9.88. The van der Waals surface area contributed by atoms with E-state index < -0.39 is 0 Å². The highest BCUT2D eigenvalue weighted by molar-refractivity contribution is 7.22. The van der Waals surface area contributed by atoms with Crippen LogP contribution < -0.4 is 10.1 Å². The Balaban J connectivity index is 1.37. The van der Waals surface area contributed by atoms with Crippen LogP contribution >= 0.6 is 11.3 Å². The van der Waals surface area contributed by atoms with Gasteiger partial charge in [0.1, 0.15) is 5.75 Å². The Morgan fingerprint density at radius 3 is 2.43 bits per heavy atom. The molecule has 5 heteroatoms. The quantitative estimate of drug-likeness (QED) is 0.423. The Kier molecular flexibility index (Phi) is 5.55. The van der Waals surface area contributed by atoms with Crippen molar-refractivity contribution in [1.82, 2.24) is 4.98 Å². The highest BCUT2D eigenvalue weighted by Gasteiger charge is 2.22. The van der Waals surface area contributed by atoms with E-state index in [9.17, 15) is 4.79 Å². The average molecular weight is 417 g/mol. The monoisotopic (exact) mass is 416 g/mol. The summed E-state index contributed by atoms with van der Waals surface area (Å²) in [7, 11) is 0. The number of ether oxygens (including phenoxy) is 1. The van der Waals surface area contributed by atoms with E-state index in [1.165, 1.54) is 28.0 Å². The zero-order valence-electron chi connectivity index (χ0n) is 17.3. The van der Waals surface area contributed by atoms with Crippen molar-refractivity contribution in [3.63, 3.8) is 0 Å². The Hall–Kier alpha value is -3.18. The lowest BCUT2D eigenvalue weighted by atomic mass is 9.78. The van der Waals surface area contributed by atoms with Gasteiger partial charge in [0.15, 0.2) is 11.7 Å². The predicted molar refractivity (Wildman–Crippen MR) is 123 cm³/mol. The minimum atomic E-state index is -0.223. The molecule has 0 saturated carbocycles. The predicted octanol–water partition coefficient (Wildman–Crippen LogP) is 5.95.